The number of hydrogen-bond donors (Lipinski definition) is 1. The van der Waals surface area contributed by atoms with Gasteiger partial charge in [-0.1, -0.05) is 19.9 Å². The molecular formula is C12H21NO3. The van der Waals surface area contributed by atoms with Crippen molar-refractivity contribution < 1.29 is 14.3 Å². The van der Waals surface area contributed by atoms with E-state index in [0.717, 1.165) is 6.42 Å². The quantitative estimate of drug-likeness (QED) is 0.530. The van der Waals surface area contributed by atoms with E-state index in [1.807, 2.05) is 0 Å². The fourth-order valence-electron chi connectivity index (χ4n) is 1.46. The summed E-state index contributed by atoms with van der Waals surface area (Å²) in [7, 11) is 1.30. The van der Waals surface area contributed by atoms with Gasteiger partial charge in [0.2, 0.25) is 5.91 Å². The highest BCUT2D eigenvalue weighted by atomic mass is 16.5. The smallest absolute Gasteiger partial charge is 0.325 e. The van der Waals surface area contributed by atoms with Crippen LogP contribution < -0.4 is 5.32 Å². The van der Waals surface area contributed by atoms with E-state index in [4.69, 9.17) is 0 Å². The van der Waals surface area contributed by atoms with Crippen LogP contribution in [-0.2, 0) is 14.3 Å². The first-order chi connectivity index (χ1) is 7.51. The normalized spacial score (nSPS) is 12.0. The Morgan fingerprint density at radius 1 is 1.44 bits per heavy atom. The highest BCUT2D eigenvalue weighted by Gasteiger charge is 2.18. The molecular weight excluding hydrogens is 206 g/mol. The minimum atomic E-state index is -0.435. The predicted molar refractivity (Wildman–Crippen MR) is 62.8 cm³/mol. The Balaban J connectivity index is 4.15. The molecule has 0 unspecified atom stereocenters. The highest BCUT2D eigenvalue weighted by Crippen LogP contribution is 2.15. The molecule has 0 bridgehead atoms. The first-order valence-corrected chi connectivity index (χ1v) is 5.46. The number of carbonyl (C=O) groups excluding carboxylic acids is 2. The van der Waals surface area contributed by atoms with Crippen molar-refractivity contribution in [3.05, 3.63) is 12.7 Å². The second kappa shape index (κ2) is 7.91. The molecule has 0 aromatic rings. The monoisotopic (exact) mass is 227 g/mol. The molecule has 4 nitrogen and oxygen atoms in total. The van der Waals surface area contributed by atoms with E-state index in [1.54, 1.807) is 6.08 Å². The molecule has 4 heteroatoms. The molecule has 0 aromatic heterocycles. The van der Waals surface area contributed by atoms with Crippen LogP contribution in [0.4, 0.5) is 0 Å². The van der Waals surface area contributed by atoms with Crippen LogP contribution in [0.25, 0.3) is 0 Å². The van der Waals surface area contributed by atoms with Gasteiger partial charge in [0.1, 0.15) is 6.54 Å². The molecule has 1 atom stereocenters. The van der Waals surface area contributed by atoms with E-state index in [-0.39, 0.29) is 18.4 Å². The van der Waals surface area contributed by atoms with Crippen molar-refractivity contribution in [2.24, 2.45) is 11.8 Å². The Morgan fingerprint density at radius 2 is 2.06 bits per heavy atom. The van der Waals surface area contributed by atoms with Gasteiger partial charge in [0, 0.05) is 5.92 Å². The molecule has 0 aliphatic carbocycles. The number of amides is 1. The average Bonchev–Trinajstić information content (AvgIpc) is 2.24. The van der Waals surface area contributed by atoms with Crippen LogP contribution in [0.2, 0.25) is 0 Å². The van der Waals surface area contributed by atoms with E-state index < -0.39 is 5.97 Å². The van der Waals surface area contributed by atoms with E-state index in [0.29, 0.717) is 12.3 Å². The van der Waals surface area contributed by atoms with Crippen molar-refractivity contribution in [2.45, 2.75) is 26.7 Å². The zero-order chi connectivity index (χ0) is 12.6. The number of ether oxygens (including phenoxy) is 1. The molecule has 0 spiro atoms. The van der Waals surface area contributed by atoms with Gasteiger partial charge in [0.25, 0.3) is 0 Å². The topological polar surface area (TPSA) is 55.4 Å². The van der Waals surface area contributed by atoms with Gasteiger partial charge in [-0.15, -0.1) is 6.58 Å². The summed E-state index contributed by atoms with van der Waals surface area (Å²) < 4.78 is 4.45. The van der Waals surface area contributed by atoms with Gasteiger partial charge in [-0.2, -0.15) is 0 Å². The van der Waals surface area contributed by atoms with Crippen LogP contribution in [0.5, 0.6) is 0 Å². The lowest BCUT2D eigenvalue weighted by molar-refractivity contribution is -0.141. The summed E-state index contributed by atoms with van der Waals surface area (Å²) in [6.07, 6.45) is 3.15. The Labute approximate surface area is 97.1 Å². The Kier molecular flexibility index (Phi) is 7.25. The molecule has 92 valence electrons. The second-order valence-corrected chi connectivity index (χ2v) is 4.14. The number of allylic oxidation sites excluding steroid dienone is 1. The second-order valence-electron chi connectivity index (χ2n) is 4.14. The fourth-order valence-corrected chi connectivity index (χ4v) is 1.46. The maximum absolute atomic E-state index is 11.7. The SMILES string of the molecule is C=CC[C@H](CC(C)C)C(=O)NCC(=O)OC. The van der Waals surface area contributed by atoms with Gasteiger partial charge in [0.05, 0.1) is 7.11 Å². The van der Waals surface area contributed by atoms with Crippen molar-refractivity contribution in [3.8, 4) is 0 Å². The van der Waals surface area contributed by atoms with Gasteiger partial charge < -0.3 is 10.1 Å². The number of esters is 1. The number of carbonyl (C=O) groups is 2. The molecule has 0 fully saturated rings. The van der Waals surface area contributed by atoms with E-state index in [9.17, 15) is 9.59 Å². The standard InChI is InChI=1S/C12H21NO3/c1-5-6-10(7-9(2)3)12(15)13-8-11(14)16-4/h5,9-10H,1,6-8H2,2-4H3,(H,13,15)/t10-/m1/s1. The molecule has 16 heavy (non-hydrogen) atoms. The largest absolute Gasteiger partial charge is 0.468 e. The van der Waals surface area contributed by atoms with Crippen molar-refractivity contribution in [1.82, 2.24) is 5.32 Å². The van der Waals surface area contributed by atoms with Crippen molar-refractivity contribution in [3.63, 3.8) is 0 Å². The minimum absolute atomic E-state index is 0.0684. The van der Waals surface area contributed by atoms with E-state index in [2.05, 4.69) is 30.5 Å². The maximum atomic E-state index is 11.7. The summed E-state index contributed by atoms with van der Waals surface area (Å²) in [5.74, 6) is -0.217. The molecule has 1 N–H and O–H groups in total. The van der Waals surface area contributed by atoms with Crippen molar-refractivity contribution >= 4 is 11.9 Å². The van der Waals surface area contributed by atoms with E-state index >= 15 is 0 Å². The molecule has 0 aliphatic heterocycles. The summed E-state index contributed by atoms with van der Waals surface area (Å²) in [5, 5.41) is 2.56. The maximum Gasteiger partial charge on any atom is 0.325 e. The van der Waals surface area contributed by atoms with Crippen LogP contribution >= 0.6 is 0 Å². The first-order valence-electron chi connectivity index (χ1n) is 5.46. The van der Waals surface area contributed by atoms with Gasteiger partial charge in [0.15, 0.2) is 0 Å². The summed E-state index contributed by atoms with van der Waals surface area (Å²) in [6, 6.07) is 0. The van der Waals surface area contributed by atoms with Gasteiger partial charge >= 0.3 is 5.97 Å². The van der Waals surface area contributed by atoms with Crippen LogP contribution in [-0.4, -0.2) is 25.5 Å². The first kappa shape index (κ1) is 14.7. The summed E-state index contributed by atoms with van der Waals surface area (Å²) in [5.41, 5.74) is 0. The zero-order valence-corrected chi connectivity index (χ0v) is 10.3. The molecule has 0 aromatic carbocycles. The van der Waals surface area contributed by atoms with Gasteiger partial charge in [-0.05, 0) is 18.8 Å². The van der Waals surface area contributed by atoms with Crippen LogP contribution in [0.3, 0.4) is 0 Å². The fraction of sp³-hybridized carbons (Fsp3) is 0.667. The molecule has 0 saturated heterocycles. The number of hydrogen-bond acceptors (Lipinski definition) is 3. The van der Waals surface area contributed by atoms with Crippen LogP contribution in [0, 0.1) is 11.8 Å². The lowest BCUT2D eigenvalue weighted by Crippen LogP contribution is -2.35. The van der Waals surface area contributed by atoms with Crippen molar-refractivity contribution in [1.29, 1.82) is 0 Å². The average molecular weight is 227 g/mol. The van der Waals surface area contributed by atoms with Crippen LogP contribution in [0.1, 0.15) is 26.7 Å². The lowest BCUT2D eigenvalue weighted by atomic mass is 9.93. The lowest BCUT2D eigenvalue weighted by Gasteiger charge is -2.16. The third-order valence-electron chi connectivity index (χ3n) is 2.21. The zero-order valence-electron chi connectivity index (χ0n) is 10.3. The molecule has 0 aliphatic rings. The summed E-state index contributed by atoms with van der Waals surface area (Å²) in [4.78, 5) is 22.6. The molecule has 0 saturated carbocycles. The Hall–Kier alpha value is -1.32. The Bertz CT molecular complexity index is 249. The molecule has 0 radical (unpaired) electrons. The minimum Gasteiger partial charge on any atom is -0.468 e. The Morgan fingerprint density at radius 3 is 2.50 bits per heavy atom. The number of methoxy groups -OCH3 is 1. The molecule has 0 heterocycles. The summed E-state index contributed by atoms with van der Waals surface area (Å²) >= 11 is 0. The van der Waals surface area contributed by atoms with Crippen LogP contribution in [0.15, 0.2) is 12.7 Å². The van der Waals surface area contributed by atoms with Gasteiger partial charge in [-0.25, -0.2) is 0 Å². The summed E-state index contributed by atoms with van der Waals surface area (Å²) in [6.45, 7) is 7.68. The number of rotatable bonds is 7. The molecule has 0 rings (SSSR count). The van der Waals surface area contributed by atoms with Gasteiger partial charge in [-0.3, -0.25) is 9.59 Å². The third kappa shape index (κ3) is 6.22. The van der Waals surface area contributed by atoms with E-state index in [1.165, 1.54) is 7.11 Å². The number of nitrogens with one attached hydrogen (secondary N) is 1. The predicted octanol–water partition coefficient (Wildman–Crippen LogP) is 1.51. The van der Waals surface area contributed by atoms with Crippen molar-refractivity contribution in [2.75, 3.05) is 13.7 Å². The molecule has 1 amide bonds. The highest BCUT2D eigenvalue weighted by molar-refractivity contribution is 5.83. The third-order valence-corrected chi connectivity index (χ3v) is 2.21.